The summed E-state index contributed by atoms with van der Waals surface area (Å²) in [5.74, 6) is 0.520. The maximum Gasteiger partial charge on any atom is 0.252 e. The monoisotopic (exact) mass is 387 g/mol. The van der Waals surface area contributed by atoms with Crippen LogP contribution in [0, 0.1) is 6.92 Å². The molecule has 0 spiro atoms. The Morgan fingerprint density at radius 2 is 1.62 bits per heavy atom. The molecule has 1 aliphatic carbocycles. The van der Waals surface area contributed by atoms with E-state index in [-0.39, 0.29) is 10.8 Å². The number of hydrogen-bond acceptors (Lipinski definition) is 4. The van der Waals surface area contributed by atoms with Crippen LogP contribution < -0.4 is 0 Å². The van der Waals surface area contributed by atoms with Crippen molar-refractivity contribution in [2.45, 2.75) is 64.7 Å². The molecule has 1 heterocycles. The molecule has 1 aromatic heterocycles. The molecule has 0 bridgehead atoms. The minimum absolute atomic E-state index is 0.190. The number of aromatic nitrogens is 3. The van der Waals surface area contributed by atoms with Gasteiger partial charge in [0.2, 0.25) is 0 Å². The van der Waals surface area contributed by atoms with Gasteiger partial charge >= 0.3 is 0 Å². The van der Waals surface area contributed by atoms with Crippen LogP contribution in [0.4, 0.5) is 0 Å². The Labute approximate surface area is 173 Å². The van der Waals surface area contributed by atoms with Gasteiger partial charge < -0.3 is 4.52 Å². The van der Waals surface area contributed by atoms with Crippen LogP contribution in [0.2, 0.25) is 0 Å². The standard InChI is InChI=1S/C25H29N3O/c1-16-13-21-22(25(5,6)12-11-24(21,3)4)15-20(16)17(2)19-9-7-18(8-10-19)14-23-26-27-28-29-23/h7-10,13,15H,2,11-12,14H2,1,3-6H3. The van der Waals surface area contributed by atoms with E-state index in [0.29, 0.717) is 12.3 Å². The molecule has 0 aliphatic heterocycles. The van der Waals surface area contributed by atoms with Crippen molar-refractivity contribution in [3.63, 3.8) is 0 Å². The van der Waals surface area contributed by atoms with Gasteiger partial charge in [0.1, 0.15) is 0 Å². The summed E-state index contributed by atoms with van der Waals surface area (Å²) >= 11 is 0. The van der Waals surface area contributed by atoms with Gasteiger partial charge in [0, 0.05) is 0 Å². The Kier molecular flexibility index (Phi) is 4.68. The SMILES string of the molecule is C=C(c1ccc(Cc2nnno2)cc1)c1cc2c(cc1C)C(C)(C)CCC2(C)C. The quantitative estimate of drug-likeness (QED) is 0.570. The van der Waals surface area contributed by atoms with Crippen molar-refractivity contribution in [1.29, 1.82) is 0 Å². The van der Waals surface area contributed by atoms with E-state index in [9.17, 15) is 0 Å². The molecule has 4 heteroatoms. The third-order valence-electron chi connectivity index (χ3n) is 6.52. The lowest BCUT2D eigenvalue weighted by Crippen LogP contribution is -2.34. The third kappa shape index (κ3) is 3.64. The summed E-state index contributed by atoms with van der Waals surface area (Å²) in [6.45, 7) is 16.1. The van der Waals surface area contributed by atoms with Gasteiger partial charge in [0.25, 0.3) is 5.89 Å². The molecule has 0 atom stereocenters. The average Bonchev–Trinajstić information content (AvgIpc) is 3.18. The van der Waals surface area contributed by atoms with E-state index in [2.05, 4.69) is 93.2 Å². The molecule has 0 amide bonds. The maximum absolute atomic E-state index is 5.00. The minimum Gasteiger partial charge on any atom is -0.320 e. The van der Waals surface area contributed by atoms with Crippen LogP contribution in [-0.4, -0.2) is 15.6 Å². The van der Waals surface area contributed by atoms with E-state index in [4.69, 9.17) is 4.52 Å². The number of hydrogen-bond donors (Lipinski definition) is 0. The lowest BCUT2D eigenvalue weighted by molar-refractivity contribution is 0.331. The summed E-state index contributed by atoms with van der Waals surface area (Å²) in [6.07, 6.45) is 3.02. The van der Waals surface area contributed by atoms with Crippen LogP contribution >= 0.6 is 0 Å². The van der Waals surface area contributed by atoms with E-state index >= 15 is 0 Å². The maximum atomic E-state index is 5.00. The van der Waals surface area contributed by atoms with Gasteiger partial charge in [-0.25, -0.2) is 0 Å². The molecule has 4 nitrogen and oxygen atoms in total. The predicted octanol–water partition coefficient (Wildman–Crippen LogP) is 5.77. The average molecular weight is 388 g/mol. The number of aryl methyl sites for hydroxylation is 1. The highest BCUT2D eigenvalue weighted by Gasteiger charge is 2.37. The third-order valence-corrected chi connectivity index (χ3v) is 6.52. The molecule has 1 aliphatic rings. The zero-order valence-electron chi connectivity index (χ0n) is 18.0. The smallest absolute Gasteiger partial charge is 0.252 e. The first-order chi connectivity index (χ1) is 13.7. The van der Waals surface area contributed by atoms with Crippen molar-refractivity contribution in [3.8, 4) is 0 Å². The van der Waals surface area contributed by atoms with Crippen LogP contribution in [0.3, 0.4) is 0 Å². The normalized spacial score (nSPS) is 17.0. The van der Waals surface area contributed by atoms with Crippen LogP contribution in [0.5, 0.6) is 0 Å². The summed E-state index contributed by atoms with van der Waals surface area (Å²) in [5, 5.41) is 10.8. The molecule has 3 aromatic rings. The molecule has 4 rings (SSSR count). The van der Waals surface area contributed by atoms with Crippen LogP contribution in [0.15, 0.2) is 47.5 Å². The fourth-order valence-electron chi connectivity index (χ4n) is 4.42. The van der Waals surface area contributed by atoms with E-state index < -0.39 is 0 Å². The van der Waals surface area contributed by atoms with Crippen molar-refractivity contribution in [2.24, 2.45) is 0 Å². The molecule has 0 saturated heterocycles. The van der Waals surface area contributed by atoms with Crippen molar-refractivity contribution in [3.05, 3.63) is 82.2 Å². The highest BCUT2D eigenvalue weighted by atomic mass is 16.5. The summed E-state index contributed by atoms with van der Waals surface area (Å²) in [7, 11) is 0. The Morgan fingerprint density at radius 3 is 2.21 bits per heavy atom. The molecule has 0 saturated carbocycles. The van der Waals surface area contributed by atoms with Crippen molar-refractivity contribution < 1.29 is 4.52 Å². The van der Waals surface area contributed by atoms with Crippen LogP contribution in [-0.2, 0) is 17.3 Å². The molecular weight excluding hydrogens is 358 g/mol. The summed E-state index contributed by atoms with van der Waals surface area (Å²) in [6, 6.07) is 13.2. The summed E-state index contributed by atoms with van der Waals surface area (Å²) < 4.78 is 5.00. The van der Waals surface area contributed by atoms with E-state index in [1.165, 1.54) is 35.1 Å². The first kappa shape index (κ1) is 19.6. The van der Waals surface area contributed by atoms with Crippen LogP contribution in [0.1, 0.15) is 79.8 Å². The summed E-state index contributed by atoms with van der Waals surface area (Å²) in [5.41, 5.74) is 9.21. The van der Waals surface area contributed by atoms with Gasteiger partial charge in [-0.3, -0.25) is 0 Å². The first-order valence-electron chi connectivity index (χ1n) is 10.3. The van der Waals surface area contributed by atoms with Crippen molar-refractivity contribution in [2.75, 3.05) is 0 Å². The van der Waals surface area contributed by atoms with E-state index in [1.807, 2.05) is 0 Å². The molecule has 0 N–H and O–H groups in total. The highest BCUT2D eigenvalue weighted by molar-refractivity contribution is 5.80. The molecule has 150 valence electrons. The zero-order valence-corrected chi connectivity index (χ0v) is 18.0. The molecule has 2 aromatic carbocycles. The number of benzene rings is 2. The lowest BCUT2D eigenvalue weighted by atomic mass is 9.62. The molecule has 0 radical (unpaired) electrons. The predicted molar refractivity (Wildman–Crippen MR) is 116 cm³/mol. The number of rotatable bonds is 4. The Bertz CT molecular complexity index is 1040. The Hall–Kier alpha value is -2.75. The van der Waals surface area contributed by atoms with Gasteiger partial charge in [-0.2, -0.15) is 0 Å². The minimum atomic E-state index is 0.190. The van der Waals surface area contributed by atoms with E-state index in [0.717, 1.165) is 16.7 Å². The van der Waals surface area contributed by atoms with Gasteiger partial charge in [-0.15, -0.1) is 0 Å². The largest absolute Gasteiger partial charge is 0.320 e. The Balaban J connectivity index is 1.67. The fourth-order valence-corrected chi connectivity index (χ4v) is 4.42. The topological polar surface area (TPSA) is 51.8 Å². The van der Waals surface area contributed by atoms with Crippen molar-refractivity contribution >= 4 is 5.57 Å². The summed E-state index contributed by atoms with van der Waals surface area (Å²) in [4.78, 5) is 0. The van der Waals surface area contributed by atoms with Gasteiger partial charge in [0.15, 0.2) is 0 Å². The molecule has 29 heavy (non-hydrogen) atoms. The Morgan fingerprint density at radius 1 is 1.00 bits per heavy atom. The van der Waals surface area contributed by atoms with Gasteiger partial charge in [-0.05, 0) is 74.8 Å². The number of fused-ring (bicyclic) bond motifs is 1. The van der Waals surface area contributed by atoms with Crippen molar-refractivity contribution in [1.82, 2.24) is 15.6 Å². The highest BCUT2D eigenvalue weighted by Crippen LogP contribution is 2.47. The number of nitrogens with zero attached hydrogens (tertiary/aromatic N) is 3. The molecule has 0 fully saturated rings. The second-order valence-electron chi connectivity index (χ2n) is 9.59. The fraction of sp³-hybridized carbons (Fsp3) is 0.400. The second-order valence-corrected chi connectivity index (χ2v) is 9.59. The van der Waals surface area contributed by atoms with Gasteiger partial charge in [0.05, 0.1) is 11.7 Å². The zero-order chi connectivity index (χ0) is 20.8. The molecular formula is C25H29N3O. The molecule has 0 unspecified atom stereocenters. The lowest BCUT2D eigenvalue weighted by Gasteiger charge is -2.42. The van der Waals surface area contributed by atoms with Crippen LogP contribution in [0.25, 0.3) is 5.57 Å². The van der Waals surface area contributed by atoms with E-state index in [1.54, 1.807) is 0 Å². The first-order valence-corrected chi connectivity index (χ1v) is 10.3. The van der Waals surface area contributed by atoms with Gasteiger partial charge in [-0.1, -0.05) is 75.8 Å². The second kappa shape index (κ2) is 6.94.